The molecule has 158 valence electrons. The van der Waals surface area contributed by atoms with E-state index in [9.17, 15) is 24.9 Å². The predicted octanol–water partition coefficient (Wildman–Crippen LogP) is 2.55. The molecule has 0 aliphatic carbocycles. The minimum atomic E-state index is -0.704. The first-order chi connectivity index (χ1) is 14.3. The zero-order valence-corrected chi connectivity index (χ0v) is 16.3. The van der Waals surface area contributed by atoms with Crippen LogP contribution < -0.4 is 4.74 Å². The minimum absolute atomic E-state index is 0.00983. The first kappa shape index (κ1) is 22.2. The van der Waals surface area contributed by atoms with Crippen LogP contribution in [-0.4, -0.2) is 59.4 Å². The van der Waals surface area contributed by atoms with Gasteiger partial charge in [-0.15, -0.1) is 0 Å². The molecular weight excluding hydrogens is 396 g/mol. The lowest BCUT2D eigenvalue weighted by atomic mass is 10.1. The SMILES string of the molecule is COC(=O)c1ccc(OCCN(C)C(=O)c2cc(O)c(O)c(O)c2)cc1CN=[N+]=[N-]. The maximum atomic E-state index is 12.4. The van der Waals surface area contributed by atoms with Gasteiger partial charge in [-0.3, -0.25) is 4.79 Å². The number of carbonyl (C=O) groups excluding carboxylic acids is 2. The molecule has 0 saturated heterocycles. The van der Waals surface area contributed by atoms with E-state index >= 15 is 0 Å². The van der Waals surface area contributed by atoms with Crippen LogP contribution in [0, 0.1) is 0 Å². The summed E-state index contributed by atoms with van der Waals surface area (Å²) < 4.78 is 10.3. The van der Waals surface area contributed by atoms with E-state index in [1.165, 1.54) is 25.1 Å². The van der Waals surface area contributed by atoms with Crippen molar-refractivity contribution in [2.45, 2.75) is 6.54 Å². The number of benzene rings is 2. The van der Waals surface area contributed by atoms with Gasteiger partial charge in [0.1, 0.15) is 12.4 Å². The number of esters is 1. The molecule has 0 bridgehead atoms. The molecule has 0 unspecified atom stereocenters. The van der Waals surface area contributed by atoms with Crippen molar-refractivity contribution in [3.63, 3.8) is 0 Å². The van der Waals surface area contributed by atoms with E-state index in [1.54, 1.807) is 12.1 Å². The molecule has 30 heavy (non-hydrogen) atoms. The fourth-order valence-corrected chi connectivity index (χ4v) is 2.56. The average Bonchev–Trinajstić information content (AvgIpc) is 2.74. The number of aromatic hydroxyl groups is 3. The van der Waals surface area contributed by atoms with Gasteiger partial charge in [-0.1, -0.05) is 5.11 Å². The standard InChI is InChI=1S/C19H20N4O7/c1-23(18(27)11-8-15(24)17(26)16(25)9-11)5-6-30-13-3-4-14(19(28)29-2)12(7-13)10-21-22-20/h3-4,7-9,24-26H,5-6,10H2,1-2H3. The molecular formula is C19H20N4O7. The van der Waals surface area contributed by atoms with Gasteiger partial charge in [-0.05, 0) is 41.4 Å². The Morgan fingerprint density at radius 3 is 2.43 bits per heavy atom. The Bertz CT molecular complexity index is 979. The first-order valence-electron chi connectivity index (χ1n) is 8.63. The summed E-state index contributed by atoms with van der Waals surface area (Å²) in [4.78, 5) is 28.2. The molecule has 2 aromatic carbocycles. The number of phenols is 3. The lowest BCUT2D eigenvalue weighted by Crippen LogP contribution is -2.30. The Kier molecular flexibility index (Phi) is 7.32. The van der Waals surface area contributed by atoms with Gasteiger partial charge < -0.3 is 29.7 Å². The van der Waals surface area contributed by atoms with E-state index in [0.717, 1.165) is 12.1 Å². The third-order valence-electron chi connectivity index (χ3n) is 4.15. The third-order valence-corrected chi connectivity index (χ3v) is 4.15. The molecule has 0 aromatic heterocycles. The summed E-state index contributed by atoms with van der Waals surface area (Å²) in [5.41, 5.74) is 9.17. The molecule has 0 fully saturated rings. The van der Waals surface area contributed by atoms with Gasteiger partial charge in [0, 0.05) is 17.5 Å². The Morgan fingerprint density at radius 1 is 1.17 bits per heavy atom. The number of rotatable bonds is 8. The highest BCUT2D eigenvalue weighted by Gasteiger charge is 2.17. The highest BCUT2D eigenvalue weighted by atomic mass is 16.5. The molecule has 0 aliphatic heterocycles. The van der Waals surface area contributed by atoms with Crippen LogP contribution in [-0.2, 0) is 11.3 Å². The molecule has 11 nitrogen and oxygen atoms in total. The molecule has 0 heterocycles. The van der Waals surface area contributed by atoms with E-state index < -0.39 is 29.1 Å². The second-order valence-electron chi connectivity index (χ2n) is 6.14. The Labute approximate surface area is 171 Å². The van der Waals surface area contributed by atoms with Crippen LogP contribution in [0.2, 0.25) is 0 Å². The van der Waals surface area contributed by atoms with Gasteiger partial charge in [0.15, 0.2) is 17.2 Å². The van der Waals surface area contributed by atoms with Gasteiger partial charge in [-0.25, -0.2) is 4.79 Å². The molecule has 1 amide bonds. The van der Waals surface area contributed by atoms with Crippen LogP contribution in [0.25, 0.3) is 10.4 Å². The molecule has 3 N–H and O–H groups in total. The lowest BCUT2D eigenvalue weighted by Gasteiger charge is -2.18. The van der Waals surface area contributed by atoms with E-state index in [0.29, 0.717) is 11.3 Å². The number of nitrogens with zero attached hydrogens (tertiary/aromatic N) is 4. The fourth-order valence-electron chi connectivity index (χ4n) is 2.56. The second kappa shape index (κ2) is 9.89. The van der Waals surface area contributed by atoms with Crippen LogP contribution in [0.3, 0.4) is 0 Å². The predicted molar refractivity (Wildman–Crippen MR) is 105 cm³/mol. The molecule has 11 heteroatoms. The third kappa shape index (κ3) is 5.24. The van der Waals surface area contributed by atoms with Crippen molar-refractivity contribution < 1.29 is 34.4 Å². The smallest absolute Gasteiger partial charge is 0.338 e. The number of phenolic OH excluding ortho intramolecular Hbond substituents is 3. The van der Waals surface area contributed by atoms with E-state index in [-0.39, 0.29) is 30.8 Å². The zero-order valence-electron chi connectivity index (χ0n) is 16.3. The molecule has 0 aliphatic rings. The monoisotopic (exact) mass is 416 g/mol. The van der Waals surface area contributed by atoms with Gasteiger partial charge >= 0.3 is 5.97 Å². The van der Waals surface area contributed by atoms with Crippen molar-refractivity contribution in [1.82, 2.24) is 4.90 Å². The van der Waals surface area contributed by atoms with Gasteiger partial charge in [0.05, 0.1) is 25.8 Å². The number of azide groups is 1. The number of hydrogen-bond donors (Lipinski definition) is 3. The molecule has 2 aromatic rings. The highest BCUT2D eigenvalue weighted by molar-refractivity contribution is 5.95. The quantitative estimate of drug-likeness (QED) is 0.195. The average molecular weight is 416 g/mol. The van der Waals surface area contributed by atoms with Crippen LogP contribution in [0.15, 0.2) is 35.4 Å². The number of ether oxygens (including phenoxy) is 2. The summed E-state index contributed by atoms with van der Waals surface area (Å²) in [7, 11) is 2.74. The Balaban J connectivity index is 2.04. The normalized spacial score (nSPS) is 10.1. The molecule has 0 atom stereocenters. The van der Waals surface area contributed by atoms with Crippen LogP contribution >= 0.6 is 0 Å². The summed E-state index contributed by atoms with van der Waals surface area (Å²) in [6.45, 7) is 0.187. The summed E-state index contributed by atoms with van der Waals surface area (Å²) in [6, 6.07) is 6.66. The van der Waals surface area contributed by atoms with Crippen LogP contribution in [0.4, 0.5) is 0 Å². The van der Waals surface area contributed by atoms with Crippen LogP contribution in [0.5, 0.6) is 23.0 Å². The maximum absolute atomic E-state index is 12.4. The number of likely N-dealkylation sites (N-methyl/N-ethyl adjacent to an activating group) is 1. The van der Waals surface area contributed by atoms with Gasteiger partial charge in [0.25, 0.3) is 5.91 Å². The van der Waals surface area contributed by atoms with Crippen molar-refractivity contribution in [3.8, 4) is 23.0 Å². The summed E-state index contributed by atoms with van der Waals surface area (Å²) >= 11 is 0. The number of carbonyl (C=O) groups is 2. The number of amides is 1. The van der Waals surface area contributed by atoms with E-state index in [4.69, 9.17) is 15.0 Å². The van der Waals surface area contributed by atoms with Gasteiger partial charge in [-0.2, -0.15) is 0 Å². The fraction of sp³-hybridized carbons (Fsp3) is 0.263. The molecule has 0 saturated carbocycles. The largest absolute Gasteiger partial charge is 0.504 e. The second-order valence-corrected chi connectivity index (χ2v) is 6.14. The topological polar surface area (TPSA) is 165 Å². The van der Waals surface area contributed by atoms with E-state index in [2.05, 4.69) is 10.0 Å². The molecule has 2 rings (SSSR count). The van der Waals surface area contributed by atoms with Gasteiger partial charge in [0.2, 0.25) is 0 Å². The Hall–Kier alpha value is -4.11. The number of methoxy groups -OCH3 is 1. The minimum Gasteiger partial charge on any atom is -0.504 e. The number of hydrogen-bond acceptors (Lipinski definition) is 8. The highest BCUT2D eigenvalue weighted by Crippen LogP contribution is 2.35. The zero-order chi connectivity index (χ0) is 22.3. The molecule has 0 radical (unpaired) electrons. The van der Waals surface area contributed by atoms with Crippen molar-refractivity contribution in [2.24, 2.45) is 5.11 Å². The summed E-state index contributed by atoms with van der Waals surface area (Å²) in [5, 5.41) is 31.9. The van der Waals surface area contributed by atoms with E-state index in [1.807, 2.05) is 0 Å². The van der Waals surface area contributed by atoms with Crippen molar-refractivity contribution in [1.29, 1.82) is 0 Å². The Morgan fingerprint density at radius 2 is 1.83 bits per heavy atom. The maximum Gasteiger partial charge on any atom is 0.338 e. The summed E-state index contributed by atoms with van der Waals surface area (Å²) in [5.74, 6) is -2.61. The van der Waals surface area contributed by atoms with Crippen molar-refractivity contribution >= 4 is 11.9 Å². The molecule has 0 spiro atoms. The van der Waals surface area contributed by atoms with Crippen molar-refractivity contribution in [3.05, 3.63) is 57.5 Å². The van der Waals surface area contributed by atoms with Crippen LogP contribution in [0.1, 0.15) is 26.3 Å². The first-order valence-corrected chi connectivity index (χ1v) is 8.63. The lowest BCUT2D eigenvalue weighted by molar-refractivity contribution is 0.0599. The summed E-state index contributed by atoms with van der Waals surface area (Å²) in [6.07, 6.45) is 0. The van der Waals surface area contributed by atoms with Crippen molar-refractivity contribution in [2.75, 3.05) is 27.3 Å².